The van der Waals surface area contributed by atoms with Gasteiger partial charge in [-0.15, -0.1) is 0 Å². The molecule has 0 spiro atoms. The number of carbonyl (C=O) groups is 2. The van der Waals surface area contributed by atoms with E-state index in [4.69, 9.17) is 4.74 Å². The number of likely N-dealkylation sites (N-methyl/N-ethyl adjacent to an activating group) is 1. The molecule has 214 valence electrons. The zero-order chi connectivity index (χ0) is 29.1. The fourth-order valence-electron chi connectivity index (χ4n) is 4.45. The van der Waals surface area contributed by atoms with E-state index >= 15 is 0 Å². The Kier molecular flexibility index (Phi) is 11.6. The number of sulfonamides is 1. The third-order valence-corrected chi connectivity index (χ3v) is 8.04. The van der Waals surface area contributed by atoms with Gasteiger partial charge in [-0.05, 0) is 48.7 Å². The Bertz CT molecular complexity index is 1380. The minimum atomic E-state index is -3.61. The second kappa shape index (κ2) is 14.9. The van der Waals surface area contributed by atoms with E-state index in [2.05, 4.69) is 21.2 Å². The number of hydrogen-bond donors (Lipinski definition) is 1. The van der Waals surface area contributed by atoms with Crippen molar-refractivity contribution in [2.75, 3.05) is 30.8 Å². The molecule has 0 aliphatic heterocycles. The Balaban J connectivity index is 1.86. The lowest BCUT2D eigenvalue weighted by Crippen LogP contribution is -2.50. The Morgan fingerprint density at radius 2 is 1.68 bits per heavy atom. The molecule has 10 heteroatoms. The van der Waals surface area contributed by atoms with Crippen LogP contribution in [0, 0.1) is 0 Å². The number of amides is 2. The molecule has 3 aromatic rings. The van der Waals surface area contributed by atoms with Gasteiger partial charge >= 0.3 is 0 Å². The van der Waals surface area contributed by atoms with Gasteiger partial charge in [0.05, 0.1) is 19.1 Å². The molecule has 0 heterocycles. The van der Waals surface area contributed by atoms with Crippen LogP contribution in [-0.4, -0.2) is 57.6 Å². The summed E-state index contributed by atoms with van der Waals surface area (Å²) >= 11 is 3.49. The van der Waals surface area contributed by atoms with Gasteiger partial charge in [0.2, 0.25) is 21.8 Å². The second-order valence-electron chi connectivity index (χ2n) is 9.39. The zero-order valence-electron chi connectivity index (χ0n) is 23.0. The molecule has 1 N–H and O–H groups in total. The summed E-state index contributed by atoms with van der Waals surface area (Å²) in [6.07, 6.45) is 1.82. The van der Waals surface area contributed by atoms with Crippen LogP contribution in [0.2, 0.25) is 0 Å². The summed E-state index contributed by atoms with van der Waals surface area (Å²) in [4.78, 5) is 28.7. The number of ether oxygens (including phenoxy) is 1. The first kappa shape index (κ1) is 31.2. The first-order valence-corrected chi connectivity index (χ1v) is 15.7. The van der Waals surface area contributed by atoms with Crippen LogP contribution in [0.25, 0.3) is 0 Å². The van der Waals surface area contributed by atoms with Gasteiger partial charge < -0.3 is 15.0 Å². The monoisotopic (exact) mass is 629 g/mol. The van der Waals surface area contributed by atoms with Crippen molar-refractivity contribution in [3.63, 3.8) is 0 Å². The maximum Gasteiger partial charge on any atom is 0.243 e. The number of methoxy groups -OCH3 is 1. The van der Waals surface area contributed by atoms with Crippen LogP contribution in [0.4, 0.5) is 5.69 Å². The molecule has 0 bridgehead atoms. The summed E-state index contributed by atoms with van der Waals surface area (Å²) < 4.78 is 32.6. The molecule has 8 nitrogen and oxygen atoms in total. The van der Waals surface area contributed by atoms with Gasteiger partial charge in [-0.1, -0.05) is 64.5 Å². The molecule has 0 saturated carbocycles. The molecule has 0 aliphatic rings. The van der Waals surface area contributed by atoms with Gasteiger partial charge in [0.25, 0.3) is 0 Å². The number of hydrogen-bond acceptors (Lipinski definition) is 5. The molecule has 0 unspecified atom stereocenters. The summed E-state index contributed by atoms with van der Waals surface area (Å²) in [7, 11) is -2.09. The fraction of sp³-hybridized carbons (Fsp3) is 0.333. The van der Waals surface area contributed by atoms with Gasteiger partial charge in [-0.25, -0.2) is 8.42 Å². The number of halogens is 1. The Morgan fingerprint density at radius 1 is 0.975 bits per heavy atom. The van der Waals surface area contributed by atoms with Crippen molar-refractivity contribution in [3.8, 4) is 5.75 Å². The van der Waals surface area contributed by atoms with Gasteiger partial charge in [0.1, 0.15) is 11.8 Å². The summed E-state index contributed by atoms with van der Waals surface area (Å²) in [5.74, 6) is 0.0724. The van der Waals surface area contributed by atoms with E-state index in [1.165, 1.54) is 11.4 Å². The number of anilines is 1. The molecule has 2 amide bonds. The maximum absolute atomic E-state index is 13.8. The van der Waals surface area contributed by atoms with Crippen molar-refractivity contribution in [3.05, 3.63) is 94.5 Å². The van der Waals surface area contributed by atoms with E-state index in [9.17, 15) is 18.0 Å². The van der Waals surface area contributed by atoms with E-state index < -0.39 is 16.1 Å². The van der Waals surface area contributed by atoms with Gasteiger partial charge in [-0.2, -0.15) is 0 Å². The molecular formula is C30H36BrN3O5S. The fourth-order valence-corrected chi connectivity index (χ4v) is 5.85. The number of nitrogens with one attached hydrogen (secondary N) is 1. The average Bonchev–Trinajstić information content (AvgIpc) is 2.93. The van der Waals surface area contributed by atoms with Gasteiger partial charge in [0, 0.05) is 43.0 Å². The SMILES string of the molecule is CCNC(=O)[C@H](Cc1ccccc1)N(Cc1cccc(Br)c1)C(=O)CCCN(c1cccc(OC)c1)S(C)(=O)=O. The van der Waals surface area contributed by atoms with Crippen molar-refractivity contribution in [2.45, 2.75) is 38.8 Å². The highest BCUT2D eigenvalue weighted by Crippen LogP contribution is 2.24. The van der Waals surface area contributed by atoms with Crippen LogP contribution in [0.5, 0.6) is 5.75 Å². The Labute approximate surface area is 245 Å². The number of benzene rings is 3. The molecule has 3 rings (SSSR count). The molecule has 0 saturated heterocycles. The summed E-state index contributed by atoms with van der Waals surface area (Å²) in [5, 5.41) is 2.88. The van der Waals surface area contributed by atoms with Gasteiger partial charge in [0.15, 0.2) is 0 Å². The summed E-state index contributed by atoms with van der Waals surface area (Å²) in [6.45, 7) is 2.62. The molecule has 3 aromatic carbocycles. The molecule has 0 radical (unpaired) electrons. The third kappa shape index (κ3) is 9.09. The van der Waals surface area contributed by atoms with E-state index in [-0.39, 0.29) is 37.7 Å². The van der Waals surface area contributed by atoms with E-state index in [1.54, 1.807) is 29.2 Å². The molecule has 40 heavy (non-hydrogen) atoms. The number of carbonyl (C=O) groups excluding carboxylic acids is 2. The predicted octanol–water partition coefficient (Wildman–Crippen LogP) is 4.78. The minimum absolute atomic E-state index is 0.0642. The van der Waals surface area contributed by atoms with Crippen molar-refractivity contribution < 1.29 is 22.7 Å². The lowest BCUT2D eigenvalue weighted by atomic mass is 10.0. The standard InChI is InChI=1S/C30H36BrN3O5S/c1-4-32-30(36)28(20-23-11-6-5-7-12-23)33(22-24-13-8-14-25(31)19-24)29(35)17-10-18-34(40(3,37)38)26-15-9-16-27(21-26)39-2/h5-9,11-16,19,21,28H,4,10,17-18,20,22H2,1-3H3,(H,32,36)/t28-/m0/s1. The quantitative estimate of drug-likeness (QED) is 0.277. The van der Waals surface area contributed by atoms with Crippen LogP contribution < -0.4 is 14.4 Å². The lowest BCUT2D eigenvalue weighted by molar-refractivity contribution is -0.141. The second-order valence-corrected chi connectivity index (χ2v) is 12.2. The maximum atomic E-state index is 13.8. The molecule has 0 aliphatic carbocycles. The first-order chi connectivity index (χ1) is 19.1. The smallest absolute Gasteiger partial charge is 0.243 e. The van der Waals surface area contributed by atoms with Crippen molar-refractivity contribution in [1.29, 1.82) is 0 Å². The highest BCUT2D eigenvalue weighted by atomic mass is 79.9. The van der Waals surface area contributed by atoms with Crippen molar-refractivity contribution in [1.82, 2.24) is 10.2 Å². The zero-order valence-corrected chi connectivity index (χ0v) is 25.4. The summed E-state index contributed by atoms with van der Waals surface area (Å²) in [5.41, 5.74) is 2.27. The van der Waals surface area contributed by atoms with Crippen LogP contribution in [0.15, 0.2) is 83.3 Å². The Hall–Kier alpha value is -3.37. The topological polar surface area (TPSA) is 96.0 Å². The highest BCUT2D eigenvalue weighted by molar-refractivity contribution is 9.10. The number of nitrogens with zero attached hydrogens (tertiary/aromatic N) is 2. The largest absolute Gasteiger partial charge is 0.497 e. The lowest BCUT2D eigenvalue weighted by Gasteiger charge is -2.32. The normalized spacial score (nSPS) is 11.9. The minimum Gasteiger partial charge on any atom is -0.497 e. The first-order valence-electron chi connectivity index (χ1n) is 13.1. The van der Waals surface area contributed by atoms with Crippen LogP contribution >= 0.6 is 15.9 Å². The van der Waals surface area contributed by atoms with Crippen molar-refractivity contribution in [2.24, 2.45) is 0 Å². The van der Waals surface area contributed by atoms with E-state index in [0.717, 1.165) is 21.9 Å². The third-order valence-electron chi connectivity index (χ3n) is 6.36. The molecule has 1 atom stereocenters. The van der Waals surface area contributed by atoms with E-state index in [1.807, 2.05) is 61.5 Å². The summed E-state index contributed by atoms with van der Waals surface area (Å²) in [6, 6.07) is 23.3. The van der Waals surface area contributed by atoms with Gasteiger partial charge in [-0.3, -0.25) is 13.9 Å². The predicted molar refractivity (Wildman–Crippen MR) is 162 cm³/mol. The highest BCUT2D eigenvalue weighted by Gasteiger charge is 2.30. The van der Waals surface area contributed by atoms with Crippen molar-refractivity contribution >= 4 is 43.5 Å². The molecule has 0 fully saturated rings. The van der Waals surface area contributed by atoms with E-state index in [0.29, 0.717) is 24.4 Å². The average molecular weight is 631 g/mol. The number of rotatable bonds is 14. The Morgan fingerprint density at radius 3 is 2.33 bits per heavy atom. The molecular weight excluding hydrogens is 594 g/mol. The molecule has 0 aromatic heterocycles. The van der Waals surface area contributed by atoms with Crippen LogP contribution in [0.1, 0.15) is 30.9 Å². The van der Waals surface area contributed by atoms with Crippen LogP contribution in [0.3, 0.4) is 0 Å². The van der Waals surface area contributed by atoms with Crippen LogP contribution in [-0.2, 0) is 32.6 Å².